The minimum Gasteiger partial charge on any atom is -0.314 e. The second kappa shape index (κ2) is 7.07. The molecule has 14 heavy (non-hydrogen) atoms. The normalized spacial score (nSPS) is 14.8. The molecule has 1 fully saturated rings. The molecule has 0 spiro atoms. The third-order valence-corrected chi connectivity index (χ3v) is 1.86. The number of hydrogen-bond donors (Lipinski definition) is 2. The highest BCUT2D eigenvalue weighted by Gasteiger charge is 1.91. The van der Waals surface area contributed by atoms with Crippen LogP contribution in [0.25, 0.3) is 0 Å². The Labute approximate surface area is 84.7 Å². The Morgan fingerprint density at radius 2 is 1.43 bits per heavy atom. The molecule has 1 aromatic carbocycles. The predicted molar refractivity (Wildman–Crippen MR) is 56.9 cm³/mol. The van der Waals surface area contributed by atoms with Crippen molar-refractivity contribution in [1.82, 2.24) is 10.6 Å². The summed E-state index contributed by atoms with van der Waals surface area (Å²) in [6.45, 7) is 4.56. The van der Waals surface area contributed by atoms with Crippen molar-refractivity contribution in [1.29, 1.82) is 5.26 Å². The largest absolute Gasteiger partial charge is 0.314 e. The molecule has 1 saturated heterocycles. The zero-order chi connectivity index (χ0) is 10.1. The topological polar surface area (TPSA) is 47.8 Å². The standard InChI is InChI=1S/C7H5N.C4H10N2/c8-6-7-4-2-1-3-5-7;1-2-6-4-3-5-1/h1-5H;5-6H,1-4H2. The first kappa shape index (κ1) is 10.7. The van der Waals surface area contributed by atoms with Crippen LogP contribution in [-0.2, 0) is 0 Å². The number of hydrogen-bond acceptors (Lipinski definition) is 3. The Morgan fingerprint density at radius 3 is 1.71 bits per heavy atom. The van der Waals surface area contributed by atoms with Crippen molar-refractivity contribution in [2.75, 3.05) is 26.2 Å². The van der Waals surface area contributed by atoms with Crippen LogP contribution in [0.3, 0.4) is 0 Å². The molecule has 1 aromatic rings. The molecule has 0 aromatic heterocycles. The molecule has 74 valence electrons. The Morgan fingerprint density at radius 1 is 0.929 bits per heavy atom. The molecule has 0 atom stereocenters. The van der Waals surface area contributed by atoms with Crippen LogP contribution in [0.1, 0.15) is 5.56 Å². The second-order valence-electron chi connectivity index (χ2n) is 2.98. The summed E-state index contributed by atoms with van der Waals surface area (Å²) in [5.41, 5.74) is 0.715. The zero-order valence-corrected chi connectivity index (χ0v) is 8.16. The van der Waals surface area contributed by atoms with Gasteiger partial charge in [0.2, 0.25) is 0 Å². The number of nitrogens with one attached hydrogen (secondary N) is 2. The fourth-order valence-electron chi connectivity index (χ4n) is 1.12. The summed E-state index contributed by atoms with van der Waals surface area (Å²) < 4.78 is 0. The Kier molecular flexibility index (Phi) is 5.41. The molecule has 0 radical (unpaired) electrons. The van der Waals surface area contributed by atoms with Gasteiger partial charge in [0, 0.05) is 26.2 Å². The maximum Gasteiger partial charge on any atom is 0.0991 e. The first-order valence-corrected chi connectivity index (χ1v) is 4.80. The maximum absolute atomic E-state index is 8.29. The van der Waals surface area contributed by atoms with Crippen molar-refractivity contribution in [3.8, 4) is 6.07 Å². The quantitative estimate of drug-likeness (QED) is 0.632. The van der Waals surface area contributed by atoms with Gasteiger partial charge in [-0.2, -0.15) is 5.26 Å². The molecule has 0 saturated carbocycles. The van der Waals surface area contributed by atoms with Crippen molar-refractivity contribution < 1.29 is 0 Å². The van der Waals surface area contributed by atoms with Gasteiger partial charge >= 0.3 is 0 Å². The average molecular weight is 189 g/mol. The maximum atomic E-state index is 8.29. The van der Waals surface area contributed by atoms with Gasteiger partial charge in [0.15, 0.2) is 0 Å². The van der Waals surface area contributed by atoms with E-state index in [2.05, 4.69) is 10.6 Å². The fraction of sp³-hybridized carbons (Fsp3) is 0.364. The molecule has 0 unspecified atom stereocenters. The van der Waals surface area contributed by atoms with Crippen LogP contribution in [-0.4, -0.2) is 26.2 Å². The summed E-state index contributed by atoms with van der Waals surface area (Å²) in [7, 11) is 0. The monoisotopic (exact) mass is 189 g/mol. The summed E-state index contributed by atoms with van der Waals surface area (Å²) >= 11 is 0. The van der Waals surface area contributed by atoms with E-state index in [1.807, 2.05) is 24.3 Å². The molecular formula is C11H15N3. The van der Waals surface area contributed by atoms with Crippen LogP contribution in [0.15, 0.2) is 30.3 Å². The molecule has 1 aliphatic heterocycles. The highest BCUT2D eigenvalue weighted by Crippen LogP contribution is 1.93. The van der Waals surface area contributed by atoms with Crippen molar-refractivity contribution in [3.63, 3.8) is 0 Å². The first-order chi connectivity index (χ1) is 6.93. The molecular weight excluding hydrogens is 174 g/mol. The third-order valence-electron chi connectivity index (χ3n) is 1.86. The predicted octanol–water partition coefficient (Wildman–Crippen LogP) is 0.737. The lowest BCUT2D eigenvalue weighted by atomic mass is 10.2. The molecule has 2 N–H and O–H groups in total. The lowest BCUT2D eigenvalue weighted by molar-refractivity contribution is 0.534. The van der Waals surface area contributed by atoms with Crippen LogP contribution < -0.4 is 10.6 Å². The van der Waals surface area contributed by atoms with Gasteiger partial charge in [-0.15, -0.1) is 0 Å². The van der Waals surface area contributed by atoms with E-state index in [0.29, 0.717) is 5.56 Å². The van der Waals surface area contributed by atoms with E-state index >= 15 is 0 Å². The van der Waals surface area contributed by atoms with E-state index in [1.165, 1.54) is 0 Å². The van der Waals surface area contributed by atoms with Crippen LogP contribution in [0.5, 0.6) is 0 Å². The molecule has 0 amide bonds. The van der Waals surface area contributed by atoms with Crippen molar-refractivity contribution in [3.05, 3.63) is 35.9 Å². The van der Waals surface area contributed by atoms with Crippen LogP contribution in [0, 0.1) is 11.3 Å². The van der Waals surface area contributed by atoms with Gasteiger partial charge in [-0.25, -0.2) is 0 Å². The summed E-state index contributed by atoms with van der Waals surface area (Å²) in [5, 5.41) is 14.7. The van der Waals surface area contributed by atoms with Gasteiger partial charge in [-0.05, 0) is 12.1 Å². The highest BCUT2D eigenvalue weighted by molar-refractivity contribution is 5.27. The van der Waals surface area contributed by atoms with Gasteiger partial charge in [0.25, 0.3) is 0 Å². The van der Waals surface area contributed by atoms with Crippen molar-refractivity contribution in [2.45, 2.75) is 0 Å². The van der Waals surface area contributed by atoms with Crippen LogP contribution in [0.4, 0.5) is 0 Å². The molecule has 0 aliphatic carbocycles. The van der Waals surface area contributed by atoms with Gasteiger partial charge in [0.1, 0.15) is 0 Å². The van der Waals surface area contributed by atoms with Gasteiger partial charge in [0.05, 0.1) is 11.6 Å². The molecule has 1 aliphatic rings. The fourth-order valence-corrected chi connectivity index (χ4v) is 1.12. The van der Waals surface area contributed by atoms with E-state index < -0.39 is 0 Å². The molecule has 3 nitrogen and oxygen atoms in total. The first-order valence-electron chi connectivity index (χ1n) is 4.80. The number of rotatable bonds is 0. The second-order valence-corrected chi connectivity index (χ2v) is 2.98. The zero-order valence-electron chi connectivity index (χ0n) is 8.16. The Hall–Kier alpha value is -1.37. The summed E-state index contributed by atoms with van der Waals surface area (Å²) in [6, 6.07) is 11.2. The summed E-state index contributed by atoms with van der Waals surface area (Å²) in [5.74, 6) is 0. The summed E-state index contributed by atoms with van der Waals surface area (Å²) in [4.78, 5) is 0. The van der Waals surface area contributed by atoms with Crippen LogP contribution in [0.2, 0.25) is 0 Å². The minimum absolute atomic E-state index is 0.715. The van der Waals surface area contributed by atoms with Gasteiger partial charge in [-0.1, -0.05) is 18.2 Å². The Balaban J connectivity index is 0.000000146. The smallest absolute Gasteiger partial charge is 0.0991 e. The molecule has 3 heteroatoms. The Bertz CT molecular complexity index is 261. The SMILES string of the molecule is C1CNCCN1.N#Cc1ccccc1. The van der Waals surface area contributed by atoms with E-state index in [0.717, 1.165) is 26.2 Å². The van der Waals surface area contributed by atoms with E-state index in [1.54, 1.807) is 12.1 Å². The number of nitriles is 1. The van der Waals surface area contributed by atoms with Crippen LogP contribution >= 0.6 is 0 Å². The van der Waals surface area contributed by atoms with Crippen molar-refractivity contribution in [2.24, 2.45) is 0 Å². The lowest BCUT2D eigenvalue weighted by Crippen LogP contribution is -2.39. The van der Waals surface area contributed by atoms with E-state index in [4.69, 9.17) is 5.26 Å². The summed E-state index contributed by atoms with van der Waals surface area (Å²) in [6.07, 6.45) is 0. The highest BCUT2D eigenvalue weighted by atomic mass is 15.0. The van der Waals surface area contributed by atoms with Crippen molar-refractivity contribution >= 4 is 0 Å². The third kappa shape index (κ3) is 4.61. The number of benzene rings is 1. The molecule has 0 bridgehead atoms. The average Bonchev–Trinajstić information content (AvgIpc) is 2.33. The number of piperazine rings is 1. The molecule has 1 heterocycles. The minimum atomic E-state index is 0.715. The van der Waals surface area contributed by atoms with Gasteiger partial charge in [-0.3, -0.25) is 0 Å². The van der Waals surface area contributed by atoms with E-state index in [9.17, 15) is 0 Å². The van der Waals surface area contributed by atoms with Gasteiger partial charge < -0.3 is 10.6 Å². The number of nitrogens with zero attached hydrogens (tertiary/aromatic N) is 1. The van der Waals surface area contributed by atoms with E-state index in [-0.39, 0.29) is 0 Å². The lowest BCUT2D eigenvalue weighted by Gasteiger charge is -2.11. The molecule has 2 rings (SSSR count).